The number of anilines is 1. The van der Waals surface area contributed by atoms with Gasteiger partial charge < -0.3 is 11.1 Å². The molecule has 1 saturated carbocycles. The topological polar surface area (TPSA) is 115 Å². The van der Waals surface area contributed by atoms with Crippen LogP contribution in [-0.2, 0) is 6.18 Å². The number of halogens is 5. The minimum Gasteiger partial charge on any atom is -0.365 e. The fraction of sp³-hybridized carbons (Fsp3) is 0.192. The first-order chi connectivity index (χ1) is 19.0. The number of carbonyl (C=O) groups excluding carboxylic acids is 2. The van der Waals surface area contributed by atoms with E-state index in [-0.39, 0.29) is 43.6 Å². The van der Waals surface area contributed by atoms with E-state index in [9.17, 15) is 31.5 Å². The SMILES string of the molecule is NC(=O)c1sc2nc(C(F)(F)F)cc(-c3ccccc3)c2c1NC(=O)c1cc2nc(C3CC3)cc(C(F)F)n2n1. The van der Waals surface area contributed by atoms with Crippen molar-refractivity contribution in [1.82, 2.24) is 19.6 Å². The van der Waals surface area contributed by atoms with Crippen LogP contribution in [0.2, 0.25) is 0 Å². The fourth-order valence-corrected chi connectivity index (χ4v) is 5.44. The number of nitrogens with zero attached hydrogens (tertiary/aromatic N) is 4. The summed E-state index contributed by atoms with van der Waals surface area (Å²) < 4.78 is 69.5. The van der Waals surface area contributed by atoms with Gasteiger partial charge in [0.1, 0.15) is 21.1 Å². The highest BCUT2D eigenvalue weighted by Crippen LogP contribution is 2.44. The van der Waals surface area contributed by atoms with Crippen LogP contribution < -0.4 is 11.1 Å². The van der Waals surface area contributed by atoms with Crippen molar-refractivity contribution in [1.29, 1.82) is 0 Å². The lowest BCUT2D eigenvalue weighted by Gasteiger charge is -2.12. The molecule has 4 heterocycles. The lowest BCUT2D eigenvalue weighted by atomic mass is 10.0. The van der Waals surface area contributed by atoms with E-state index in [0.29, 0.717) is 22.6 Å². The molecule has 6 rings (SSSR count). The number of hydrogen-bond acceptors (Lipinski definition) is 6. The van der Waals surface area contributed by atoms with Gasteiger partial charge in [0.2, 0.25) is 0 Å². The second-order valence-electron chi connectivity index (χ2n) is 9.20. The molecular weight excluding hydrogens is 555 g/mol. The van der Waals surface area contributed by atoms with Crippen LogP contribution in [0.4, 0.5) is 27.6 Å². The molecule has 0 atom stereocenters. The highest BCUT2D eigenvalue weighted by atomic mass is 32.1. The van der Waals surface area contributed by atoms with Gasteiger partial charge in [0.25, 0.3) is 18.2 Å². The number of amides is 2. The van der Waals surface area contributed by atoms with Crippen LogP contribution in [0, 0.1) is 0 Å². The third kappa shape index (κ3) is 4.53. The molecule has 1 aliphatic carbocycles. The third-order valence-electron chi connectivity index (χ3n) is 6.43. The number of nitrogens with one attached hydrogen (secondary N) is 1. The first kappa shape index (κ1) is 25.8. The molecule has 3 N–H and O–H groups in total. The maximum absolute atomic E-state index is 13.8. The van der Waals surface area contributed by atoms with Crippen molar-refractivity contribution < 1.29 is 31.5 Å². The molecule has 0 bridgehead atoms. The maximum Gasteiger partial charge on any atom is 0.433 e. The normalized spacial score (nSPS) is 13.8. The van der Waals surface area contributed by atoms with Crippen molar-refractivity contribution in [2.24, 2.45) is 5.73 Å². The van der Waals surface area contributed by atoms with Gasteiger partial charge in [-0.2, -0.15) is 18.3 Å². The summed E-state index contributed by atoms with van der Waals surface area (Å²) in [5.74, 6) is -1.84. The van der Waals surface area contributed by atoms with Crippen molar-refractivity contribution >= 4 is 44.7 Å². The molecular formula is C26H17F5N6O2S. The number of thiophene rings is 1. The molecule has 0 aliphatic heterocycles. The van der Waals surface area contributed by atoms with Gasteiger partial charge in [0.15, 0.2) is 11.3 Å². The summed E-state index contributed by atoms with van der Waals surface area (Å²) in [6.45, 7) is 0. The smallest absolute Gasteiger partial charge is 0.365 e. The van der Waals surface area contributed by atoms with E-state index < -0.39 is 35.8 Å². The largest absolute Gasteiger partial charge is 0.433 e. The van der Waals surface area contributed by atoms with Gasteiger partial charge in [-0.1, -0.05) is 30.3 Å². The van der Waals surface area contributed by atoms with Gasteiger partial charge in [-0.3, -0.25) is 9.59 Å². The molecule has 1 fully saturated rings. The Kier molecular flexibility index (Phi) is 6.02. The average Bonchev–Trinajstić information content (AvgIpc) is 3.57. The van der Waals surface area contributed by atoms with E-state index in [1.807, 2.05) is 0 Å². The second kappa shape index (κ2) is 9.33. The second-order valence-corrected chi connectivity index (χ2v) is 10.2. The summed E-state index contributed by atoms with van der Waals surface area (Å²) in [4.78, 5) is 33.3. The molecule has 204 valence electrons. The maximum atomic E-state index is 13.8. The van der Waals surface area contributed by atoms with E-state index in [1.165, 1.54) is 12.1 Å². The van der Waals surface area contributed by atoms with Crippen molar-refractivity contribution in [2.75, 3.05) is 5.32 Å². The Balaban J connectivity index is 1.50. The molecule has 0 saturated heterocycles. The molecule has 0 spiro atoms. The number of pyridine rings is 1. The summed E-state index contributed by atoms with van der Waals surface area (Å²) in [6.07, 6.45) is -6.03. The number of aromatic nitrogens is 4. The summed E-state index contributed by atoms with van der Waals surface area (Å²) in [5.41, 5.74) is 4.41. The lowest BCUT2D eigenvalue weighted by molar-refractivity contribution is -0.140. The van der Waals surface area contributed by atoms with Crippen molar-refractivity contribution in [3.8, 4) is 11.1 Å². The van der Waals surface area contributed by atoms with E-state index >= 15 is 0 Å². The van der Waals surface area contributed by atoms with Crippen LogP contribution in [0.25, 0.3) is 27.0 Å². The van der Waals surface area contributed by atoms with Crippen LogP contribution in [0.5, 0.6) is 0 Å². The number of hydrogen-bond donors (Lipinski definition) is 2. The number of rotatable bonds is 6. The van der Waals surface area contributed by atoms with Crippen LogP contribution in [0.1, 0.15) is 62.4 Å². The van der Waals surface area contributed by atoms with Crippen molar-refractivity contribution in [2.45, 2.75) is 31.4 Å². The molecule has 14 heteroatoms. The van der Waals surface area contributed by atoms with E-state index in [2.05, 4.69) is 20.4 Å². The summed E-state index contributed by atoms with van der Waals surface area (Å²) in [7, 11) is 0. The zero-order valence-electron chi connectivity index (χ0n) is 20.2. The standard InChI is InChI=1S/C26H17F5N6O2S/c27-22(28)16-9-14(12-6-7-12)33-18-10-15(36-37(16)18)24(39)35-20-19-13(11-4-2-1-3-5-11)8-17(26(29,30)31)34-25(19)40-21(20)23(32)38/h1-5,8-10,12,22H,6-7H2,(H2,32,38)(H,35,39). The number of fused-ring (bicyclic) bond motifs is 2. The molecule has 5 aromatic rings. The van der Waals surface area contributed by atoms with Gasteiger partial charge in [-0.05, 0) is 36.1 Å². The Hall–Kier alpha value is -4.46. The average molecular weight is 573 g/mol. The minimum absolute atomic E-state index is 0.0385. The van der Waals surface area contributed by atoms with E-state index in [4.69, 9.17) is 5.73 Å². The monoisotopic (exact) mass is 572 g/mol. The Morgan fingerprint density at radius 3 is 2.42 bits per heavy atom. The van der Waals surface area contributed by atoms with Gasteiger partial charge in [-0.25, -0.2) is 23.3 Å². The van der Waals surface area contributed by atoms with Crippen LogP contribution in [0.15, 0.2) is 48.5 Å². The molecule has 40 heavy (non-hydrogen) atoms. The number of alkyl halides is 5. The van der Waals surface area contributed by atoms with E-state index in [0.717, 1.165) is 23.4 Å². The van der Waals surface area contributed by atoms with Gasteiger partial charge in [0, 0.05) is 23.1 Å². The Bertz CT molecular complexity index is 1810. The van der Waals surface area contributed by atoms with Crippen LogP contribution in [-0.4, -0.2) is 31.4 Å². The minimum atomic E-state index is -4.79. The van der Waals surface area contributed by atoms with Gasteiger partial charge >= 0.3 is 6.18 Å². The Labute approximate surface area is 225 Å². The molecule has 0 unspecified atom stereocenters. The Morgan fingerprint density at radius 1 is 1.07 bits per heavy atom. The summed E-state index contributed by atoms with van der Waals surface area (Å²) in [5, 5.41) is 6.59. The highest BCUT2D eigenvalue weighted by Gasteiger charge is 2.35. The number of benzene rings is 1. The first-order valence-electron chi connectivity index (χ1n) is 11.9. The molecule has 4 aromatic heterocycles. The summed E-state index contributed by atoms with van der Waals surface area (Å²) >= 11 is 0.594. The van der Waals surface area contributed by atoms with Crippen molar-refractivity contribution in [3.05, 3.63) is 76.2 Å². The molecule has 1 aromatic carbocycles. The molecule has 2 amide bonds. The molecule has 1 aliphatic rings. The highest BCUT2D eigenvalue weighted by molar-refractivity contribution is 7.21. The molecule has 8 nitrogen and oxygen atoms in total. The van der Waals surface area contributed by atoms with Gasteiger partial charge in [-0.15, -0.1) is 11.3 Å². The van der Waals surface area contributed by atoms with Crippen LogP contribution >= 0.6 is 11.3 Å². The Morgan fingerprint density at radius 2 is 1.80 bits per heavy atom. The molecule has 0 radical (unpaired) electrons. The van der Waals surface area contributed by atoms with E-state index in [1.54, 1.807) is 30.3 Å². The number of primary amides is 1. The first-order valence-corrected chi connectivity index (χ1v) is 12.7. The fourth-order valence-electron chi connectivity index (χ4n) is 4.43. The van der Waals surface area contributed by atoms with Crippen LogP contribution in [0.3, 0.4) is 0 Å². The summed E-state index contributed by atoms with van der Waals surface area (Å²) in [6, 6.07) is 11.4. The number of nitrogens with two attached hydrogens (primary N) is 1. The number of carbonyl (C=O) groups is 2. The quantitative estimate of drug-likeness (QED) is 0.236. The predicted octanol–water partition coefficient (Wildman–Crippen LogP) is 6.19. The zero-order chi connectivity index (χ0) is 28.3. The van der Waals surface area contributed by atoms with Crippen molar-refractivity contribution in [3.63, 3.8) is 0 Å². The predicted molar refractivity (Wildman–Crippen MR) is 136 cm³/mol. The van der Waals surface area contributed by atoms with Gasteiger partial charge in [0.05, 0.1) is 5.69 Å². The zero-order valence-corrected chi connectivity index (χ0v) is 21.0. The third-order valence-corrected chi connectivity index (χ3v) is 7.52. The lowest BCUT2D eigenvalue weighted by Crippen LogP contribution is -2.17.